The molecule has 2 N–H and O–H groups in total. The first-order valence-electron chi connectivity index (χ1n) is 2.54. The maximum atomic E-state index is 3.05. The molecule has 0 aromatic carbocycles. The second-order valence-electron chi connectivity index (χ2n) is 1.74. The zero-order valence-electron chi connectivity index (χ0n) is 4.44. The van der Waals surface area contributed by atoms with E-state index in [0.717, 1.165) is 6.54 Å². The molecule has 7 heavy (non-hydrogen) atoms. The highest BCUT2D eigenvalue weighted by atomic mass is 15.4. The summed E-state index contributed by atoms with van der Waals surface area (Å²) in [6.07, 6.45) is 4.25. The predicted molar refractivity (Wildman–Crippen MR) is 29.7 cm³/mol. The molecule has 1 atom stereocenters. The SMILES string of the molecule is C[C@@H]1C=CCNN1. The quantitative estimate of drug-likeness (QED) is 0.418. The molecule has 2 nitrogen and oxygen atoms in total. The molecule has 40 valence electrons. The molecule has 1 aliphatic rings. The zero-order chi connectivity index (χ0) is 5.11. The maximum Gasteiger partial charge on any atom is 0.0365 e. The summed E-state index contributed by atoms with van der Waals surface area (Å²) in [6, 6.07) is 0.494. The van der Waals surface area contributed by atoms with Gasteiger partial charge in [-0.15, -0.1) is 0 Å². The fraction of sp³-hybridized carbons (Fsp3) is 0.600. The Bertz CT molecular complexity index is 78.1. The summed E-state index contributed by atoms with van der Waals surface area (Å²) in [6.45, 7) is 3.05. The second kappa shape index (κ2) is 2.09. The van der Waals surface area contributed by atoms with Crippen LogP contribution < -0.4 is 10.9 Å². The van der Waals surface area contributed by atoms with Crippen molar-refractivity contribution in [3.8, 4) is 0 Å². The van der Waals surface area contributed by atoms with Gasteiger partial charge in [-0.2, -0.15) is 0 Å². The van der Waals surface area contributed by atoms with Gasteiger partial charge in [-0.05, 0) is 6.92 Å². The van der Waals surface area contributed by atoms with E-state index >= 15 is 0 Å². The molecule has 0 saturated heterocycles. The molecule has 0 amide bonds. The number of rotatable bonds is 0. The van der Waals surface area contributed by atoms with Crippen LogP contribution in [-0.2, 0) is 0 Å². The van der Waals surface area contributed by atoms with E-state index in [1.165, 1.54) is 0 Å². The van der Waals surface area contributed by atoms with Crippen LogP contribution in [0.2, 0.25) is 0 Å². The third kappa shape index (κ3) is 1.29. The van der Waals surface area contributed by atoms with Crippen molar-refractivity contribution in [2.75, 3.05) is 6.54 Å². The molecule has 0 saturated carbocycles. The van der Waals surface area contributed by atoms with E-state index < -0.39 is 0 Å². The van der Waals surface area contributed by atoms with Gasteiger partial charge in [0.2, 0.25) is 0 Å². The van der Waals surface area contributed by atoms with Gasteiger partial charge >= 0.3 is 0 Å². The minimum absolute atomic E-state index is 0.494. The average Bonchev–Trinajstić information content (AvgIpc) is 1.69. The molecular weight excluding hydrogens is 88.1 g/mol. The molecule has 1 aliphatic heterocycles. The summed E-state index contributed by atoms with van der Waals surface area (Å²) >= 11 is 0. The third-order valence-corrected chi connectivity index (χ3v) is 0.974. The third-order valence-electron chi connectivity index (χ3n) is 0.974. The Labute approximate surface area is 43.6 Å². The lowest BCUT2D eigenvalue weighted by Crippen LogP contribution is -2.40. The minimum Gasteiger partial charge on any atom is -0.253 e. The van der Waals surface area contributed by atoms with E-state index in [1.54, 1.807) is 0 Å². The van der Waals surface area contributed by atoms with Crippen LogP contribution in [0.1, 0.15) is 6.92 Å². The Morgan fingerprint density at radius 3 is 2.86 bits per heavy atom. The highest BCUT2D eigenvalue weighted by Gasteiger charge is 1.95. The molecule has 0 unspecified atom stereocenters. The Morgan fingerprint density at radius 1 is 1.71 bits per heavy atom. The van der Waals surface area contributed by atoms with Gasteiger partial charge in [0.15, 0.2) is 0 Å². The summed E-state index contributed by atoms with van der Waals surface area (Å²) < 4.78 is 0. The molecule has 2 heteroatoms. The molecular formula is C5H10N2. The van der Waals surface area contributed by atoms with Gasteiger partial charge in [0.25, 0.3) is 0 Å². The minimum atomic E-state index is 0.494. The molecule has 0 bridgehead atoms. The van der Waals surface area contributed by atoms with Crippen molar-refractivity contribution >= 4 is 0 Å². The normalized spacial score (nSPS) is 30.7. The molecule has 1 heterocycles. The van der Waals surface area contributed by atoms with Crippen LogP contribution in [0.25, 0.3) is 0 Å². The standard InChI is InChI=1S/C5H10N2/c1-5-3-2-4-6-7-5/h2-3,5-7H,4H2,1H3/t5-/m1/s1. The van der Waals surface area contributed by atoms with E-state index in [-0.39, 0.29) is 0 Å². The van der Waals surface area contributed by atoms with Crippen molar-refractivity contribution in [3.63, 3.8) is 0 Å². The van der Waals surface area contributed by atoms with E-state index in [0.29, 0.717) is 6.04 Å². The largest absolute Gasteiger partial charge is 0.253 e. The van der Waals surface area contributed by atoms with Crippen molar-refractivity contribution in [2.24, 2.45) is 0 Å². The summed E-state index contributed by atoms with van der Waals surface area (Å²) in [5, 5.41) is 0. The Kier molecular flexibility index (Phi) is 1.44. The number of hydrogen-bond acceptors (Lipinski definition) is 2. The predicted octanol–water partition coefficient (Wildman–Crippen LogP) is 0.0389. The van der Waals surface area contributed by atoms with E-state index in [2.05, 4.69) is 29.9 Å². The summed E-state index contributed by atoms with van der Waals surface area (Å²) in [5.74, 6) is 0. The molecule has 0 fully saturated rings. The number of nitrogens with one attached hydrogen (secondary N) is 2. The highest BCUT2D eigenvalue weighted by Crippen LogP contribution is 1.84. The molecule has 0 aromatic heterocycles. The Balaban J connectivity index is 2.36. The fourth-order valence-corrected chi connectivity index (χ4v) is 0.599. The summed E-state index contributed by atoms with van der Waals surface area (Å²) in [4.78, 5) is 0. The maximum absolute atomic E-state index is 3.05. The van der Waals surface area contributed by atoms with Crippen LogP contribution in [0.3, 0.4) is 0 Å². The lowest BCUT2D eigenvalue weighted by molar-refractivity contribution is 0.507. The second-order valence-corrected chi connectivity index (χ2v) is 1.74. The van der Waals surface area contributed by atoms with Crippen molar-refractivity contribution in [1.82, 2.24) is 10.9 Å². The van der Waals surface area contributed by atoms with Gasteiger partial charge in [-0.25, -0.2) is 0 Å². The van der Waals surface area contributed by atoms with Crippen molar-refractivity contribution < 1.29 is 0 Å². The Hall–Kier alpha value is -0.340. The van der Waals surface area contributed by atoms with Crippen LogP contribution in [0, 0.1) is 0 Å². The number of hydrazine groups is 1. The van der Waals surface area contributed by atoms with E-state index in [9.17, 15) is 0 Å². The monoisotopic (exact) mass is 98.1 g/mol. The van der Waals surface area contributed by atoms with Crippen LogP contribution >= 0.6 is 0 Å². The Morgan fingerprint density at radius 2 is 2.57 bits per heavy atom. The number of hydrogen-bond donors (Lipinski definition) is 2. The lowest BCUT2D eigenvalue weighted by Gasteiger charge is -2.13. The smallest absolute Gasteiger partial charge is 0.0365 e. The van der Waals surface area contributed by atoms with Crippen LogP contribution in [0.15, 0.2) is 12.2 Å². The zero-order valence-corrected chi connectivity index (χ0v) is 4.44. The summed E-state index contributed by atoms with van der Waals surface area (Å²) in [7, 11) is 0. The highest BCUT2D eigenvalue weighted by molar-refractivity contribution is 4.94. The van der Waals surface area contributed by atoms with Gasteiger partial charge in [0.05, 0.1) is 0 Å². The van der Waals surface area contributed by atoms with Crippen LogP contribution in [-0.4, -0.2) is 12.6 Å². The van der Waals surface area contributed by atoms with Crippen molar-refractivity contribution in [2.45, 2.75) is 13.0 Å². The molecule has 0 spiro atoms. The van der Waals surface area contributed by atoms with Crippen LogP contribution in [0.4, 0.5) is 0 Å². The van der Waals surface area contributed by atoms with Crippen molar-refractivity contribution in [3.05, 3.63) is 12.2 Å². The molecule has 1 rings (SSSR count). The topological polar surface area (TPSA) is 24.1 Å². The fourth-order valence-electron chi connectivity index (χ4n) is 0.599. The van der Waals surface area contributed by atoms with Gasteiger partial charge < -0.3 is 0 Å². The van der Waals surface area contributed by atoms with Gasteiger partial charge in [-0.1, -0.05) is 12.2 Å². The van der Waals surface area contributed by atoms with Gasteiger partial charge in [0.1, 0.15) is 0 Å². The first kappa shape index (κ1) is 4.81. The first-order chi connectivity index (χ1) is 3.39. The van der Waals surface area contributed by atoms with Crippen molar-refractivity contribution in [1.29, 1.82) is 0 Å². The summed E-state index contributed by atoms with van der Waals surface area (Å²) in [5.41, 5.74) is 6.04. The van der Waals surface area contributed by atoms with Gasteiger partial charge in [-0.3, -0.25) is 10.9 Å². The lowest BCUT2D eigenvalue weighted by atomic mass is 10.3. The molecule has 0 aromatic rings. The van der Waals surface area contributed by atoms with E-state index in [1.807, 2.05) is 0 Å². The molecule has 0 aliphatic carbocycles. The molecule has 0 radical (unpaired) electrons. The van der Waals surface area contributed by atoms with Crippen LogP contribution in [0.5, 0.6) is 0 Å². The average molecular weight is 98.1 g/mol. The first-order valence-corrected chi connectivity index (χ1v) is 2.54. The van der Waals surface area contributed by atoms with E-state index in [4.69, 9.17) is 0 Å². The van der Waals surface area contributed by atoms with Gasteiger partial charge in [0, 0.05) is 12.6 Å².